The molecule has 0 unspecified atom stereocenters. The van der Waals surface area contributed by atoms with Crippen LogP contribution in [0.25, 0.3) is 6.08 Å². The number of aryl methyl sites for hydroxylation is 1. The first-order valence-corrected chi connectivity index (χ1v) is 9.85. The number of imide groups is 1. The van der Waals surface area contributed by atoms with E-state index in [1.54, 1.807) is 42.5 Å². The van der Waals surface area contributed by atoms with Crippen LogP contribution < -0.4 is 10.1 Å². The van der Waals surface area contributed by atoms with E-state index in [4.69, 9.17) is 4.74 Å². The third kappa shape index (κ3) is 4.98. The minimum absolute atomic E-state index is 0.221. The number of carbonyl (C=O) groups excluding carboxylic acids is 2. The largest absolute Gasteiger partial charge is 0.489 e. The summed E-state index contributed by atoms with van der Waals surface area (Å²) in [5.41, 5.74) is 3.86. The number of nitrogens with one attached hydrogen (secondary N) is 1. The second kappa shape index (κ2) is 8.83. The molecule has 1 heterocycles. The smallest absolute Gasteiger partial charge is 0.329 e. The highest BCUT2D eigenvalue weighted by Gasteiger charge is 2.33. The molecule has 6 heteroatoms. The van der Waals surface area contributed by atoms with Gasteiger partial charge in [0.15, 0.2) is 0 Å². The Bertz CT molecular complexity index is 1120. The highest BCUT2D eigenvalue weighted by Crippen LogP contribution is 2.20. The second-order valence-electron chi connectivity index (χ2n) is 7.35. The highest BCUT2D eigenvalue weighted by molar-refractivity contribution is 6.13. The maximum Gasteiger partial charge on any atom is 0.329 e. The van der Waals surface area contributed by atoms with Gasteiger partial charge in [-0.2, -0.15) is 0 Å². The Morgan fingerprint density at radius 3 is 2.23 bits per heavy atom. The average Bonchev–Trinajstić information content (AvgIpc) is 3.03. The van der Waals surface area contributed by atoms with Crippen molar-refractivity contribution < 1.29 is 18.7 Å². The van der Waals surface area contributed by atoms with E-state index in [9.17, 15) is 14.0 Å². The molecule has 0 radical (unpaired) electrons. The fourth-order valence-corrected chi connectivity index (χ4v) is 3.17. The fraction of sp³-hybridized carbons (Fsp3) is 0.120. The van der Waals surface area contributed by atoms with Gasteiger partial charge in [-0.15, -0.1) is 0 Å². The van der Waals surface area contributed by atoms with Crippen LogP contribution in [0.2, 0.25) is 0 Å². The van der Waals surface area contributed by atoms with E-state index < -0.39 is 6.03 Å². The molecule has 0 atom stereocenters. The van der Waals surface area contributed by atoms with E-state index in [1.165, 1.54) is 17.0 Å². The monoisotopic (exact) mass is 416 g/mol. The van der Waals surface area contributed by atoms with Crippen molar-refractivity contribution in [2.24, 2.45) is 0 Å². The van der Waals surface area contributed by atoms with Gasteiger partial charge in [-0.3, -0.25) is 9.69 Å². The molecule has 4 rings (SSSR count). The molecule has 1 aliphatic rings. The number of halogens is 1. The van der Waals surface area contributed by atoms with Crippen molar-refractivity contribution in [1.82, 2.24) is 10.2 Å². The van der Waals surface area contributed by atoms with Gasteiger partial charge in [0.05, 0.1) is 6.54 Å². The number of carbonyl (C=O) groups is 2. The van der Waals surface area contributed by atoms with Gasteiger partial charge < -0.3 is 10.1 Å². The lowest BCUT2D eigenvalue weighted by Crippen LogP contribution is -2.30. The molecule has 3 amide bonds. The minimum Gasteiger partial charge on any atom is -0.489 e. The van der Waals surface area contributed by atoms with E-state index in [-0.39, 0.29) is 24.0 Å². The van der Waals surface area contributed by atoms with Crippen molar-refractivity contribution in [3.8, 4) is 5.75 Å². The van der Waals surface area contributed by atoms with Crippen LogP contribution in [0.5, 0.6) is 5.75 Å². The molecule has 0 aromatic heterocycles. The zero-order valence-electron chi connectivity index (χ0n) is 17.0. The molecule has 3 aromatic carbocycles. The Morgan fingerprint density at radius 1 is 0.903 bits per heavy atom. The van der Waals surface area contributed by atoms with Gasteiger partial charge in [0.1, 0.15) is 23.9 Å². The first kappa shape index (κ1) is 20.3. The summed E-state index contributed by atoms with van der Waals surface area (Å²) in [6, 6.07) is 20.6. The van der Waals surface area contributed by atoms with Crippen molar-refractivity contribution in [3.05, 3.63) is 107 Å². The summed E-state index contributed by atoms with van der Waals surface area (Å²) in [7, 11) is 0. The van der Waals surface area contributed by atoms with E-state index in [0.29, 0.717) is 12.4 Å². The standard InChI is InChI=1S/C25H21FN2O3/c1-17-2-4-19(5-3-17)15-28-24(29)23(27-25(28)30)14-18-8-12-22(13-9-18)31-16-20-6-10-21(26)11-7-20/h2-14H,15-16H2,1H3,(H,27,30)/b23-14+. The molecule has 156 valence electrons. The zero-order chi connectivity index (χ0) is 21.8. The summed E-state index contributed by atoms with van der Waals surface area (Å²) in [5.74, 6) is 0.00332. The molecule has 0 bridgehead atoms. The van der Waals surface area contributed by atoms with Crippen LogP contribution in [-0.2, 0) is 17.9 Å². The number of nitrogens with zero attached hydrogens (tertiary/aromatic N) is 1. The molecule has 5 nitrogen and oxygen atoms in total. The summed E-state index contributed by atoms with van der Waals surface area (Å²) >= 11 is 0. The van der Waals surface area contributed by atoms with E-state index in [1.807, 2.05) is 31.2 Å². The predicted molar refractivity (Wildman–Crippen MR) is 115 cm³/mol. The van der Waals surface area contributed by atoms with E-state index in [0.717, 1.165) is 22.3 Å². The third-order valence-electron chi connectivity index (χ3n) is 4.93. The SMILES string of the molecule is Cc1ccc(CN2C(=O)N/C(=C/c3ccc(OCc4ccc(F)cc4)cc3)C2=O)cc1. The molecule has 1 aliphatic heterocycles. The van der Waals surface area contributed by atoms with Crippen molar-refractivity contribution in [1.29, 1.82) is 0 Å². The number of urea groups is 1. The molecular formula is C25H21FN2O3. The van der Waals surface area contributed by atoms with Crippen LogP contribution in [0, 0.1) is 12.7 Å². The third-order valence-corrected chi connectivity index (χ3v) is 4.93. The van der Waals surface area contributed by atoms with Gasteiger partial charge in [0.2, 0.25) is 0 Å². The van der Waals surface area contributed by atoms with Crippen molar-refractivity contribution >= 4 is 18.0 Å². The molecule has 0 spiro atoms. The van der Waals surface area contributed by atoms with Crippen LogP contribution >= 0.6 is 0 Å². The predicted octanol–water partition coefficient (Wildman–Crippen LogP) is 4.81. The first-order chi connectivity index (χ1) is 15.0. The van der Waals surface area contributed by atoms with Crippen LogP contribution in [0.4, 0.5) is 9.18 Å². The van der Waals surface area contributed by atoms with Gasteiger partial charge in [-0.05, 0) is 54.0 Å². The number of benzene rings is 3. The maximum absolute atomic E-state index is 13.0. The minimum atomic E-state index is -0.434. The Morgan fingerprint density at radius 2 is 1.55 bits per heavy atom. The van der Waals surface area contributed by atoms with Gasteiger partial charge in [-0.25, -0.2) is 9.18 Å². The van der Waals surface area contributed by atoms with Gasteiger partial charge >= 0.3 is 6.03 Å². The Kier molecular flexibility index (Phi) is 5.80. The van der Waals surface area contributed by atoms with Crippen molar-refractivity contribution in [2.75, 3.05) is 0 Å². The normalized spacial score (nSPS) is 14.8. The number of rotatable bonds is 6. The zero-order valence-corrected chi connectivity index (χ0v) is 17.0. The van der Waals surface area contributed by atoms with E-state index in [2.05, 4.69) is 5.32 Å². The summed E-state index contributed by atoms with van der Waals surface area (Å²) in [6.45, 7) is 2.53. The fourth-order valence-electron chi connectivity index (χ4n) is 3.17. The number of amides is 3. The van der Waals surface area contributed by atoms with Gasteiger partial charge in [-0.1, -0.05) is 54.1 Å². The molecule has 0 saturated carbocycles. The maximum atomic E-state index is 13.0. The summed E-state index contributed by atoms with van der Waals surface area (Å²) in [4.78, 5) is 26.1. The van der Waals surface area contributed by atoms with Crippen LogP contribution in [0.1, 0.15) is 22.3 Å². The topological polar surface area (TPSA) is 58.6 Å². The lowest BCUT2D eigenvalue weighted by Gasteiger charge is -2.11. The lowest BCUT2D eigenvalue weighted by molar-refractivity contribution is -0.123. The number of hydrogen-bond donors (Lipinski definition) is 1. The number of hydrogen-bond acceptors (Lipinski definition) is 3. The summed E-state index contributed by atoms with van der Waals surface area (Å²) < 4.78 is 18.7. The lowest BCUT2D eigenvalue weighted by atomic mass is 10.1. The van der Waals surface area contributed by atoms with Crippen molar-refractivity contribution in [3.63, 3.8) is 0 Å². The van der Waals surface area contributed by atoms with Gasteiger partial charge in [0.25, 0.3) is 5.91 Å². The number of ether oxygens (including phenoxy) is 1. The molecule has 1 fully saturated rings. The molecule has 3 aromatic rings. The molecule has 1 N–H and O–H groups in total. The Balaban J connectivity index is 1.39. The molecular weight excluding hydrogens is 395 g/mol. The Labute approximate surface area is 179 Å². The van der Waals surface area contributed by atoms with E-state index >= 15 is 0 Å². The van der Waals surface area contributed by atoms with Crippen LogP contribution in [0.15, 0.2) is 78.5 Å². The Hall–Kier alpha value is -3.93. The summed E-state index contributed by atoms with van der Waals surface area (Å²) in [6.07, 6.45) is 1.64. The van der Waals surface area contributed by atoms with Gasteiger partial charge in [0, 0.05) is 0 Å². The summed E-state index contributed by atoms with van der Waals surface area (Å²) in [5, 5.41) is 2.64. The molecule has 31 heavy (non-hydrogen) atoms. The molecule has 1 saturated heterocycles. The van der Waals surface area contributed by atoms with Crippen molar-refractivity contribution in [2.45, 2.75) is 20.1 Å². The average molecular weight is 416 g/mol. The first-order valence-electron chi connectivity index (χ1n) is 9.85. The second-order valence-corrected chi connectivity index (χ2v) is 7.35. The van der Waals surface area contributed by atoms with Crippen LogP contribution in [-0.4, -0.2) is 16.8 Å². The quantitative estimate of drug-likeness (QED) is 0.464. The molecule has 0 aliphatic carbocycles. The highest BCUT2D eigenvalue weighted by atomic mass is 19.1. The van der Waals surface area contributed by atoms with Crippen LogP contribution in [0.3, 0.4) is 0 Å².